The summed E-state index contributed by atoms with van der Waals surface area (Å²) in [5.41, 5.74) is 7.29. The van der Waals surface area contributed by atoms with Gasteiger partial charge in [-0.1, -0.05) is 62.7 Å². The van der Waals surface area contributed by atoms with Crippen molar-refractivity contribution in [3.63, 3.8) is 0 Å². The first-order valence-electron chi connectivity index (χ1n) is 13.9. The van der Waals surface area contributed by atoms with Crippen molar-refractivity contribution in [3.05, 3.63) is 129 Å². The number of nitro groups is 1. The lowest BCUT2D eigenvalue weighted by atomic mass is 9.86. The minimum Gasteiger partial charge on any atom is -0.497 e. The van der Waals surface area contributed by atoms with E-state index >= 15 is 0 Å². The number of methoxy groups -OCH3 is 1. The van der Waals surface area contributed by atoms with Gasteiger partial charge in [-0.2, -0.15) is 5.26 Å². The number of aliphatic imine (C=N–C) groups is 1. The van der Waals surface area contributed by atoms with Crippen molar-refractivity contribution in [2.24, 2.45) is 4.99 Å². The Morgan fingerprint density at radius 3 is 2.02 bits per heavy atom. The molecule has 0 aliphatic rings. The first kappa shape index (κ1) is 29.0. The highest BCUT2D eigenvalue weighted by atomic mass is 16.6. The molecule has 0 saturated carbocycles. The topological polar surface area (TPSA) is 93.4 Å². The van der Waals surface area contributed by atoms with E-state index in [1.165, 1.54) is 17.7 Å². The van der Waals surface area contributed by atoms with Gasteiger partial charge in [-0.3, -0.25) is 14.7 Å². The summed E-state index contributed by atoms with van der Waals surface area (Å²) in [4.78, 5) is 15.9. The second-order valence-electron chi connectivity index (χ2n) is 11.4. The third-order valence-electron chi connectivity index (χ3n) is 7.39. The third kappa shape index (κ3) is 5.95. The van der Waals surface area contributed by atoms with Gasteiger partial charge in [-0.25, -0.2) is 4.99 Å². The second-order valence-corrected chi connectivity index (χ2v) is 11.4. The van der Waals surface area contributed by atoms with Gasteiger partial charge in [-0.15, -0.1) is 0 Å². The molecule has 43 heavy (non-hydrogen) atoms. The first-order valence-corrected chi connectivity index (χ1v) is 13.9. The largest absolute Gasteiger partial charge is 0.497 e. The van der Waals surface area contributed by atoms with Gasteiger partial charge in [0.2, 0.25) is 0 Å². The minimum absolute atomic E-state index is 0.0194. The van der Waals surface area contributed by atoms with Crippen molar-refractivity contribution in [1.82, 2.24) is 4.57 Å². The van der Waals surface area contributed by atoms with Crippen LogP contribution in [0, 0.1) is 28.4 Å². The van der Waals surface area contributed by atoms with Crippen LogP contribution in [-0.4, -0.2) is 22.8 Å². The predicted molar refractivity (Wildman–Crippen MR) is 172 cm³/mol. The number of aromatic nitrogens is 1. The number of nitro benzene ring substituents is 1. The van der Waals surface area contributed by atoms with Crippen LogP contribution < -0.4 is 4.74 Å². The van der Waals surface area contributed by atoms with E-state index in [1.54, 1.807) is 25.5 Å². The summed E-state index contributed by atoms with van der Waals surface area (Å²) in [6.45, 7) is 8.52. The molecular formula is C36H32N4O3. The van der Waals surface area contributed by atoms with Crippen LogP contribution >= 0.6 is 0 Å². The fourth-order valence-electron chi connectivity index (χ4n) is 4.99. The highest BCUT2D eigenvalue weighted by Gasteiger charge is 2.27. The Balaban J connectivity index is 1.84. The van der Waals surface area contributed by atoms with Crippen LogP contribution in [0.5, 0.6) is 5.75 Å². The van der Waals surface area contributed by atoms with E-state index in [-0.39, 0.29) is 11.1 Å². The normalized spacial score (nSPS) is 11.4. The van der Waals surface area contributed by atoms with E-state index in [0.717, 1.165) is 33.8 Å². The van der Waals surface area contributed by atoms with E-state index in [9.17, 15) is 15.4 Å². The molecule has 0 amide bonds. The highest BCUT2D eigenvalue weighted by Crippen LogP contribution is 2.45. The zero-order chi connectivity index (χ0) is 30.7. The summed E-state index contributed by atoms with van der Waals surface area (Å²) < 4.78 is 7.29. The Labute approximate surface area is 251 Å². The van der Waals surface area contributed by atoms with E-state index in [1.807, 2.05) is 60.0 Å². The fraction of sp³-hybridized carbons (Fsp3) is 0.167. The first-order chi connectivity index (χ1) is 20.6. The molecule has 0 saturated heterocycles. The molecule has 0 radical (unpaired) electrons. The molecule has 5 rings (SSSR count). The van der Waals surface area contributed by atoms with Crippen LogP contribution in [0.25, 0.3) is 28.1 Å². The quantitative estimate of drug-likeness (QED) is 0.111. The molecule has 7 heteroatoms. The zero-order valence-electron chi connectivity index (χ0n) is 24.8. The molecule has 1 aromatic heterocycles. The lowest BCUT2D eigenvalue weighted by molar-refractivity contribution is -0.384. The fourth-order valence-corrected chi connectivity index (χ4v) is 4.99. The second kappa shape index (κ2) is 11.8. The average molecular weight is 569 g/mol. The summed E-state index contributed by atoms with van der Waals surface area (Å²) in [6.07, 6.45) is 1.73. The van der Waals surface area contributed by atoms with Crippen molar-refractivity contribution < 1.29 is 9.66 Å². The van der Waals surface area contributed by atoms with E-state index < -0.39 is 4.92 Å². The Hall–Kier alpha value is -5.48. The maximum Gasteiger partial charge on any atom is 0.269 e. The zero-order valence-corrected chi connectivity index (χ0v) is 24.8. The molecule has 5 aromatic rings. The molecule has 7 nitrogen and oxygen atoms in total. The molecule has 0 bridgehead atoms. The van der Waals surface area contributed by atoms with Gasteiger partial charge >= 0.3 is 0 Å². The lowest BCUT2D eigenvalue weighted by Crippen LogP contribution is -2.10. The number of aryl methyl sites for hydroxylation is 1. The molecule has 0 aliphatic carbocycles. The Morgan fingerprint density at radius 2 is 1.49 bits per heavy atom. The number of ether oxygens (including phenoxy) is 1. The van der Waals surface area contributed by atoms with Gasteiger partial charge in [-0.05, 0) is 83.1 Å². The number of nitriles is 1. The molecular weight excluding hydrogens is 536 g/mol. The molecule has 0 N–H and O–H groups in total. The van der Waals surface area contributed by atoms with Crippen LogP contribution in [0.1, 0.15) is 43.0 Å². The Morgan fingerprint density at radius 1 is 0.884 bits per heavy atom. The molecule has 4 aromatic carbocycles. The third-order valence-corrected chi connectivity index (χ3v) is 7.39. The molecule has 0 fully saturated rings. The maximum atomic E-state index is 11.4. The molecule has 0 spiro atoms. The van der Waals surface area contributed by atoms with E-state index in [2.05, 4.69) is 51.1 Å². The highest BCUT2D eigenvalue weighted by molar-refractivity contribution is 5.94. The number of rotatable bonds is 7. The molecule has 1 heterocycles. The smallest absolute Gasteiger partial charge is 0.269 e. The van der Waals surface area contributed by atoms with Crippen molar-refractivity contribution in [3.8, 4) is 39.9 Å². The van der Waals surface area contributed by atoms with Gasteiger partial charge in [0.15, 0.2) is 5.82 Å². The predicted octanol–water partition coefficient (Wildman–Crippen LogP) is 8.96. The summed E-state index contributed by atoms with van der Waals surface area (Å²) in [5.74, 6) is 1.20. The van der Waals surface area contributed by atoms with Gasteiger partial charge in [0.25, 0.3) is 5.69 Å². The van der Waals surface area contributed by atoms with Gasteiger partial charge in [0.1, 0.15) is 17.4 Å². The number of non-ortho nitro benzene ring substituents is 1. The van der Waals surface area contributed by atoms with Gasteiger partial charge in [0.05, 0.1) is 17.7 Å². The summed E-state index contributed by atoms with van der Waals surface area (Å²) in [5, 5.41) is 22.1. The monoisotopic (exact) mass is 568 g/mol. The summed E-state index contributed by atoms with van der Waals surface area (Å²) in [7, 11) is 1.62. The standard InChI is InChI=1S/C36H32N4O3/c1-24-6-16-29(17-7-24)39-34(27-10-14-28(15-11-27)36(2,3)4)33(26-12-18-30(19-13-26)40(41)42)32(22-37)35(39)38-23-25-8-20-31(43-5)21-9-25/h6-21,23H,1-5H3/b38-23+. The van der Waals surface area contributed by atoms with Crippen molar-refractivity contribution in [1.29, 1.82) is 5.26 Å². The number of hydrogen-bond acceptors (Lipinski definition) is 5. The van der Waals surface area contributed by atoms with Crippen LogP contribution in [0.3, 0.4) is 0 Å². The van der Waals surface area contributed by atoms with E-state index in [4.69, 9.17) is 9.73 Å². The molecule has 214 valence electrons. The average Bonchev–Trinajstić information content (AvgIpc) is 3.34. The van der Waals surface area contributed by atoms with Crippen molar-refractivity contribution in [2.45, 2.75) is 33.1 Å². The summed E-state index contributed by atoms with van der Waals surface area (Å²) in [6, 6.07) is 32.6. The number of benzene rings is 4. The van der Waals surface area contributed by atoms with Crippen molar-refractivity contribution >= 4 is 17.7 Å². The molecule has 0 unspecified atom stereocenters. The van der Waals surface area contributed by atoms with Gasteiger partial charge in [0, 0.05) is 29.6 Å². The van der Waals surface area contributed by atoms with Crippen LogP contribution in [0.15, 0.2) is 102 Å². The summed E-state index contributed by atoms with van der Waals surface area (Å²) >= 11 is 0. The number of hydrogen-bond donors (Lipinski definition) is 0. The van der Waals surface area contributed by atoms with Crippen LogP contribution in [0.2, 0.25) is 0 Å². The van der Waals surface area contributed by atoms with E-state index in [0.29, 0.717) is 22.5 Å². The molecule has 0 atom stereocenters. The van der Waals surface area contributed by atoms with Crippen LogP contribution in [0.4, 0.5) is 11.5 Å². The number of nitrogens with zero attached hydrogens (tertiary/aromatic N) is 4. The SMILES string of the molecule is COc1ccc(/C=N/c2c(C#N)c(-c3ccc([N+](=O)[O-])cc3)c(-c3ccc(C(C)(C)C)cc3)n2-c2ccc(C)cc2)cc1. The maximum absolute atomic E-state index is 11.4. The Kier molecular flexibility index (Phi) is 7.96. The van der Waals surface area contributed by atoms with Crippen LogP contribution in [-0.2, 0) is 5.41 Å². The minimum atomic E-state index is -0.427. The van der Waals surface area contributed by atoms with Crippen molar-refractivity contribution in [2.75, 3.05) is 7.11 Å². The Bertz CT molecular complexity index is 1840. The van der Waals surface area contributed by atoms with Gasteiger partial charge < -0.3 is 4.74 Å². The molecule has 0 aliphatic heterocycles. The lowest BCUT2D eigenvalue weighted by Gasteiger charge is -2.20.